The molecule has 0 radical (unpaired) electrons. The smallest absolute Gasteiger partial charge is 0.271 e. The van der Waals surface area contributed by atoms with E-state index >= 15 is 0 Å². The van der Waals surface area contributed by atoms with E-state index in [1.54, 1.807) is 56.2 Å². The topological polar surface area (TPSA) is 69.0 Å². The number of nitrogens with zero attached hydrogens (tertiary/aromatic N) is 1. The number of ketones is 1. The van der Waals surface area contributed by atoms with Gasteiger partial charge in [-0.1, -0.05) is 12.1 Å². The Morgan fingerprint density at radius 2 is 1.93 bits per heavy atom. The highest BCUT2D eigenvalue weighted by Gasteiger charge is 2.41. The van der Waals surface area contributed by atoms with Crippen LogP contribution in [0.3, 0.4) is 0 Å². The van der Waals surface area contributed by atoms with Crippen LogP contribution in [-0.2, 0) is 11.3 Å². The van der Waals surface area contributed by atoms with Crippen molar-refractivity contribution >= 4 is 17.4 Å². The zero-order valence-corrected chi connectivity index (χ0v) is 16.5. The number of ether oxygens (including phenoxy) is 2. The van der Waals surface area contributed by atoms with Gasteiger partial charge < -0.3 is 18.8 Å². The van der Waals surface area contributed by atoms with Gasteiger partial charge in [-0.05, 0) is 61.9 Å². The Hall–Kier alpha value is -3.54. The van der Waals surface area contributed by atoms with Crippen molar-refractivity contribution in [3.8, 4) is 11.5 Å². The molecule has 0 saturated heterocycles. The minimum absolute atomic E-state index is 0.185. The van der Waals surface area contributed by atoms with E-state index in [0.29, 0.717) is 29.3 Å². The maximum Gasteiger partial charge on any atom is 0.271 e. The van der Waals surface area contributed by atoms with Crippen LogP contribution in [0.25, 0.3) is 0 Å². The summed E-state index contributed by atoms with van der Waals surface area (Å²) in [5.74, 6) is 1.07. The molecule has 6 nitrogen and oxygen atoms in total. The molecule has 4 rings (SSSR count). The summed E-state index contributed by atoms with van der Waals surface area (Å²) < 4.78 is 16.4. The van der Waals surface area contributed by atoms with Crippen molar-refractivity contribution in [2.75, 3.05) is 12.0 Å². The van der Waals surface area contributed by atoms with Gasteiger partial charge in [0.05, 0.1) is 25.6 Å². The van der Waals surface area contributed by atoms with Gasteiger partial charge >= 0.3 is 0 Å². The van der Waals surface area contributed by atoms with E-state index in [0.717, 1.165) is 5.56 Å². The summed E-state index contributed by atoms with van der Waals surface area (Å²) >= 11 is 0. The molecular weight excluding hydrogens is 370 g/mol. The van der Waals surface area contributed by atoms with Gasteiger partial charge in [-0.15, -0.1) is 0 Å². The Morgan fingerprint density at radius 3 is 2.66 bits per heavy atom. The fourth-order valence-corrected chi connectivity index (χ4v) is 3.37. The van der Waals surface area contributed by atoms with Crippen LogP contribution < -0.4 is 14.4 Å². The minimum Gasteiger partial charge on any atom is -0.497 e. The van der Waals surface area contributed by atoms with E-state index in [2.05, 4.69) is 0 Å². The molecule has 0 unspecified atom stereocenters. The number of fused-ring (bicyclic) bond motifs is 1. The van der Waals surface area contributed by atoms with Crippen LogP contribution in [0.5, 0.6) is 11.5 Å². The van der Waals surface area contributed by atoms with Crippen molar-refractivity contribution in [2.45, 2.75) is 26.0 Å². The van der Waals surface area contributed by atoms with E-state index < -0.39 is 5.60 Å². The summed E-state index contributed by atoms with van der Waals surface area (Å²) in [6.45, 7) is 3.80. The lowest BCUT2D eigenvalue weighted by Gasteiger charge is -2.39. The molecular formula is C23H21NO5. The number of benzene rings is 2. The number of hydrogen-bond acceptors (Lipinski definition) is 5. The number of furan rings is 1. The first-order valence-electron chi connectivity index (χ1n) is 9.25. The molecule has 0 fully saturated rings. The fourth-order valence-electron chi connectivity index (χ4n) is 3.37. The van der Waals surface area contributed by atoms with Gasteiger partial charge in [-0.25, -0.2) is 0 Å². The van der Waals surface area contributed by atoms with Gasteiger partial charge in [-0.3, -0.25) is 9.59 Å². The lowest BCUT2D eigenvalue weighted by molar-refractivity contribution is -0.132. The van der Waals surface area contributed by atoms with Crippen molar-refractivity contribution < 1.29 is 23.5 Å². The van der Waals surface area contributed by atoms with Gasteiger partial charge in [0.25, 0.3) is 5.91 Å². The number of carbonyl (C=O) groups excluding carboxylic acids is 2. The van der Waals surface area contributed by atoms with Gasteiger partial charge in [0.15, 0.2) is 11.4 Å². The van der Waals surface area contributed by atoms with Crippen LogP contribution in [0.1, 0.15) is 35.5 Å². The average Bonchev–Trinajstić information content (AvgIpc) is 3.25. The maximum absolute atomic E-state index is 13.1. The van der Waals surface area contributed by atoms with Crippen molar-refractivity contribution in [1.82, 2.24) is 0 Å². The van der Waals surface area contributed by atoms with Gasteiger partial charge in [-0.2, -0.15) is 0 Å². The van der Waals surface area contributed by atoms with Crippen molar-refractivity contribution in [2.24, 2.45) is 0 Å². The summed E-state index contributed by atoms with van der Waals surface area (Å²) in [5.41, 5.74) is 0.863. The first-order valence-corrected chi connectivity index (χ1v) is 9.25. The first-order chi connectivity index (χ1) is 13.9. The number of carbonyl (C=O) groups is 2. The molecule has 6 heteroatoms. The second-order valence-corrected chi connectivity index (χ2v) is 7.34. The lowest BCUT2D eigenvalue weighted by atomic mass is 10.0. The molecule has 1 amide bonds. The Morgan fingerprint density at radius 1 is 1.10 bits per heavy atom. The summed E-state index contributed by atoms with van der Waals surface area (Å²) in [7, 11) is 1.60. The Balaban J connectivity index is 1.75. The number of amides is 1. The predicted molar refractivity (Wildman–Crippen MR) is 107 cm³/mol. The molecule has 3 aromatic rings. The van der Waals surface area contributed by atoms with Crippen molar-refractivity contribution in [3.05, 3.63) is 77.7 Å². The third-order valence-corrected chi connectivity index (χ3v) is 4.86. The number of hydrogen-bond donors (Lipinski definition) is 0. The van der Waals surface area contributed by atoms with Crippen LogP contribution in [0.2, 0.25) is 0 Å². The Kier molecular flexibility index (Phi) is 4.62. The number of anilines is 1. The summed E-state index contributed by atoms with van der Waals surface area (Å²) in [5, 5.41) is 0. The molecule has 0 bridgehead atoms. The van der Waals surface area contributed by atoms with Gasteiger partial charge in [0.1, 0.15) is 11.5 Å². The summed E-state index contributed by atoms with van der Waals surface area (Å²) in [6, 6.07) is 15.9. The average molecular weight is 391 g/mol. The zero-order valence-electron chi connectivity index (χ0n) is 16.5. The highest BCUT2D eigenvalue weighted by Crippen LogP contribution is 2.39. The predicted octanol–water partition coefficient (Wildman–Crippen LogP) is 4.22. The van der Waals surface area contributed by atoms with E-state index in [9.17, 15) is 9.59 Å². The highest BCUT2D eigenvalue weighted by molar-refractivity contribution is 6.09. The molecule has 0 saturated carbocycles. The zero-order chi connectivity index (χ0) is 20.6. The highest BCUT2D eigenvalue weighted by atomic mass is 16.5. The van der Waals surface area contributed by atoms with Gasteiger partial charge in [0, 0.05) is 5.56 Å². The van der Waals surface area contributed by atoms with E-state index in [4.69, 9.17) is 13.9 Å². The normalized spacial score (nSPS) is 14.9. The number of methoxy groups -OCH3 is 1. The Labute approximate surface area is 168 Å². The summed E-state index contributed by atoms with van der Waals surface area (Å²) in [4.78, 5) is 27.5. The summed E-state index contributed by atoms with van der Waals surface area (Å²) in [6.07, 6.45) is 1.45. The molecule has 29 heavy (non-hydrogen) atoms. The molecule has 148 valence electrons. The van der Waals surface area contributed by atoms with Crippen molar-refractivity contribution in [1.29, 1.82) is 0 Å². The van der Waals surface area contributed by atoms with Crippen LogP contribution in [-0.4, -0.2) is 24.4 Å². The molecule has 1 aromatic heterocycles. The second-order valence-electron chi connectivity index (χ2n) is 7.34. The molecule has 1 aliphatic rings. The lowest BCUT2D eigenvalue weighted by Crippen LogP contribution is -2.52. The maximum atomic E-state index is 13.1. The monoisotopic (exact) mass is 391 g/mol. The van der Waals surface area contributed by atoms with Gasteiger partial charge in [0.2, 0.25) is 5.78 Å². The largest absolute Gasteiger partial charge is 0.497 e. The molecule has 1 aliphatic heterocycles. The molecule has 0 spiro atoms. The number of rotatable bonds is 5. The van der Waals surface area contributed by atoms with Crippen LogP contribution in [0.15, 0.2) is 65.3 Å². The van der Waals surface area contributed by atoms with E-state index in [-0.39, 0.29) is 17.5 Å². The molecule has 0 atom stereocenters. The van der Waals surface area contributed by atoms with Crippen LogP contribution in [0, 0.1) is 0 Å². The standard InChI is InChI=1S/C23H21NO5/c1-23(2)22(26)24(14-15-6-4-7-17(12-15)27-3)18-13-16(9-10-19(18)29-23)21(25)20-8-5-11-28-20/h4-13H,14H2,1-3H3. The van der Waals surface area contributed by atoms with Crippen LogP contribution in [0.4, 0.5) is 5.69 Å². The Bertz CT molecular complexity index is 1070. The first kappa shape index (κ1) is 18.8. The third-order valence-electron chi connectivity index (χ3n) is 4.86. The SMILES string of the molecule is COc1cccc(CN2C(=O)C(C)(C)Oc3ccc(C(=O)c4ccco4)cc32)c1. The van der Waals surface area contributed by atoms with E-state index in [1.807, 2.05) is 24.3 Å². The van der Waals surface area contributed by atoms with E-state index in [1.165, 1.54) is 6.26 Å². The fraction of sp³-hybridized carbons (Fsp3) is 0.217. The molecule has 2 heterocycles. The molecule has 2 aromatic carbocycles. The molecule has 0 N–H and O–H groups in total. The quantitative estimate of drug-likeness (QED) is 0.609. The van der Waals surface area contributed by atoms with Crippen LogP contribution >= 0.6 is 0 Å². The molecule has 0 aliphatic carbocycles. The third kappa shape index (κ3) is 3.49. The minimum atomic E-state index is -1.02. The second kappa shape index (κ2) is 7.13. The van der Waals surface area contributed by atoms with Crippen molar-refractivity contribution in [3.63, 3.8) is 0 Å².